The van der Waals surface area contributed by atoms with Gasteiger partial charge in [0.25, 0.3) is 0 Å². The summed E-state index contributed by atoms with van der Waals surface area (Å²) >= 11 is 0. The maximum absolute atomic E-state index is 3.60. The number of rotatable bonds is 8. The Labute approximate surface area is 102 Å². The fourth-order valence-corrected chi connectivity index (χ4v) is 2.50. The summed E-state index contributed by atoms with van der Waals surface area (Å²) in [6.45, 7) is 10.5. The van der Waals surface area contributed by atoms with E-state index in [0.29, 0.717) is 0 Å². The first-order chi connectivity index (χ1) is 7.65. The minimum absolute atomic E-state index is 0.774. The second-order valence-corrected chi connectivity index (χ2v) is 5.79. The topological polar surface area (TPSA) is 15.3 Å². The Bertz CT molecular complexity index is 180. The van der Waals surface area contributed by atoms with Crippen molar-refractivity contribution in [1.82, 2.24) is 10.2 Å². The Morgan fingerprint density at radius 3 is 2.56 bits per heavy atom. The second-order valence-electron chi connectivity index (χ2n) is 5.79. The predicted molar refractivity (Wildman–Crippen MR) is 71.8 cm³/mol. The summed E-state index contributed by atoms with van der Waals surface area (Å²) in [5, 5.41) is 3.60. The van der Waals surface area contributed by atoms with Crippen LogP contribution in [-0.2, 0) is 0 Å². The number of unbranched alkanes of at least 4 members (excludes halogenated alkanes) is 1. The van der Waals surface area contributed by atoms with E-state index < -0.39 is 0 Å². The van der Waals surface area contributed by atoms with Gasteiger partial charge in [0.05, 0.1) is 0 Å². The number of hydrogen-bond donors (Lipinski definition) is 1. The lowest BCUT2D eigenvalue weighted by Gasteiger charge is -2.43. The van der Waals surface area contributed by atoms with Crippen molar-refractivity contribution < 1.29 is 0 Å². The molecule has 0 aliphatic heterocycles. The van der Waals surface area contributed by atoms with E-state index in [4.69, 9.17) is 0 Å². The van der Waals surface area contributed by atoms with Crippen LogP contribution in [0.25, 0.3) is 0 Å². The van der Waals surface area contributed by atoms with Crippen LogP contribution in [0.5, 0.6) is 0 Å². The highest BCUT2D eigenvalue weighted by molar-refractivity contribution is 4.88. The third kappa shape index (κ3) is 4.42. The van der Waals surface area contributed by atoms with Gasteiger partial charge in [-0.1, -0.05) is 27.2 Å². The molecule has 1 saturated carbocycles. The zero-order valence-electron chi connectivity index (χ0n) is 11.6. The first kappa shape index (κ1) is 14.0. The summed E-state index contributed by atoms with van der Waals surface area (Å²) in [5.41, 5.74) is 0. The Hall–Kier alpha value is -0.0800. The molecule has 96 valence electrons. The molecule has 0 radical (unpaired) electrons. The molecule has 0 aromatic carbocycles. The van der Waals surface area contributed by atoms with Gasteiger partial charge in [-0.3, -0.25) is 0 Å². The highest BCUT2D eigenvalue weighted by Gasteiger charge is 2.32. The molecule has 2 unspecified atom stereocenters. The molecule has 0 spiro atoms. The minimum Gasteiger partial charge on any atom is -0.316 e. The van der Waals surface area contributed by atoms with Crippen molar-refractivity contribution in [2.45, 2.75) is 52.5 Å². The number of nitrogens with zero attached hydrogens (tertiary/aromatic N) is 1. The zero-order valence-corrected chi connectivity index (χ0v) is 11.6. The Balaban J connectivity index is 2.14. The normalized spacial score (nSPS) is 25.1. The molecular weight excluding hydrogens is 196 g/mol. The summed E-state index contributed by atoms with van der Waals surface area (Å²) in [7, 11) is 2.30. The fourth-order valence-electron chi connectivity index (χ4n) is 2.50. The highest BCUT2D eigenvalue weighted by atomic mass is 15.1. The molecule has 0 saturated heterocycles. The average Bonchev–Trinajstić information content (AvgIpc) is 2.19. The van der Waals surface area contributed by atoms with Crippen molar-refractivity contribution in [3.05, 3.63) is 0 Å². The van der Waals surface area contributed by atoms with Gasteiger partial charge in [-0.25, -0.2) is 0 Å². The van der Waals surface area contributed by atoms with E-state index in [9.17, 15) is 0 Å². The largest absolute Gasteiger partial charge is 0.316 e. The highest BCUT2D eigenvalue weighted by Crippen LogP contribution is 2.31. The molecule has 1 rings (SSSR count). The first-order valence-corrected chi connectivity index (χ1v) is 7.06. The molecular formula is C14H30N2. The SMILES string of the molecule is CCCCN(C)C1CCC1CNCC(C)C. The van der Waals surface area contributed by atoms with E-state index in [1.54, 1.807) is 0 Å². The van der Waals surface area contributed by atoms with Crippen LogP contribution >= 0.6 is 0 Å². The maximum Gasteiger partial charge on any atom is 0.0133 e. The standard InChI is InChI=1S/C14H30N2/c1-5-6-9-16(4)14-8-7-13(14)11-15-10-12(2)3/h12-15H,5-11H2,1-4H3. The number of nitrogens with one attached hydrogen (secondary N) is 1. The molecule has 0 bridgehead atoms. The average molecular weight is 226 g/mol. The molecule has 16 heavy (non-hydrogen) atoms. The van der Waals surface area contributed by atoms with E-state index in [-0.39, 0.29) is 0 Å². The van der Waals surface area contributed by atoms with Crippen molar-refractivity contribution in [1.29, 1.82) is 0 Å². The summed E-state index contributed by atoms with van der Waals surface area (Å²) in [4.78, 5) is 2.58. The molecule has 1 aliphatic carbocycles. The predicted octanol–water partition coefficient (Wildman–Crippen LogP) is 2.74. The van der Waals surface area contributed by atoms with Crippen LogP contribution in [0.15, 0.2) is 0 Å². The van der Waals surface area contributed by atoms with Crippen molar-refractivity contribution >= 4 is 0 Å². The smallest absolute Gasteiger partial charge is 0.0133 e. The monoisotopic (exact) mass is 226 g/mol. The minimum atomic E-state index is 0.774. The van der Waals surface area contributed by atoms with E-state index in [0.717, 1.165) is 17.9 Å². The second kappa shape index (κ2) is 7.29. The lowest BCUT2D eigenvalue weighted by Crippen LogP contribution is -2.49. The van der Waals surface area contributed by atoms with Crippen molar-refractivity contribution in [3.63, 3.8) is 0 Å². The van der Waals surface area contributed by atoms with Crippen molar-refractivity contribution in [2.75, 3.05) is 26.7 Å². The Morgan fingerprint density at radius 1 is 1.31 bits per heavy atom. The molecule has 1 fully saturated rings. The molecule has 0 heterocycles. The van der Waals surface area contributed by atoms with Crippen LogP contribution in [0.3, 0.4) is 0 Å². The fraction of sp³-hybridized carbons (Fsp3) is 1.00. The zero-order chi connectivity index (χ0) is 12.0. The van der Waals surface area contributed by atoms with Crippen LogP contribution in [0.2, 0.25) is 0 Å². The van der Waals surface area contributed by atoms with Gasteiger partial charge in [0, 0.05) is 6.04 Å². The van der Waals surface area contributed by atoms with Crippen LogP contribution in [0.1, 0.15) is 46.5 Å². The molecule has 1 aliphatic rings. The molecule has 0 amide bonds. The molecule has 2 nitrogen and oxygen atoms in total. The molecule has 2 atom stereocenters. The van der Waals surface area contributed by atoms with E-state index in [1.807, 2.05) is 0 Å². The van der Waals surface area contributed by atoms with Crippen LogP contribution < -0.4 is 5.32 Å². The third-order valence-electron chi connectivity index (χ3n) is 3.77. The van der Waals surface area contributed by atoms with Gasteiger partial charge in [-0.05, 0) is 57.8 Å². The van der Waals surface area contributed by atoms with Gasteiger partial charge in [0.2, 0.25) is 0 Å². The number of hydrogen-bond acceptors (Lipinski definition) is 2. The van der Waals surface area contributed by atoms with Gasteiger partial charge in [-0.15, -0.1) is 0 Å². The summed E-state index contributed by atoms with van der Waals surface area (Å²) in [6, 6.07) is 0.853. The first-order valence-electron chi connectivity index (χ1n) is 7.06. The lowest BCUT2D eigenvalue weighted by molar-refractivity contribution is 0.0823. The van der Waals surface area contributed by atoms with Gasteiger partial charge >= 0.3 is 0 Å². The molecule has 1 N–H and O–H groups in total. The molecule has 2 heteroatoms. The Morgan fingerprint density at radius 2 is 2.06 bits per heavy atom. The summed E-state index contributed by atoms with van der Waals surface area (Å²) < 4.78 is 0. The van der Waals surface area contributed by atoms with Gasteiger partial charge < -0.3 is 10.2 Å². The van der Waals surface area contributed by atoms with Crippen molar-refractivity contribution in [3.8, 4) is 0 Å². The van der Waals surface area contributed by atoms with Crippen LogP contribution in [0.4, 0.5) is 0 Å². The van der Waals surface area contributed by atoms with E-state index in [2.05, 4.69) is 38.0 Å². The van der Waals surface area contributed by atoms with Gasteiger partial charge in [-0.2, -0.15) is 0 Å². The molecule has 0 aromatic heterocycles. The van der Waals surface area contributed by atoms with E-state index in [1.165, 1.54) is 45.3 Å². The van der Waals surface area contributed by atoms with Crippen LogP contribution in [-0.4, -0.2) is 37.6 Å². The maximum atomic E-state index is 3.60. The van der Waals surface area contributed by atoms with Crippen molar-refractivity contribution in [2.24, 2.45) is 11.8 Å². The third-order valence-corrected chi connectivity index (χ3v) is 3.77. The lowest BCUT2D eigenvalue weighted by atomic mass is 9.78. The summed E-state index contributed by atoms with van der Waals surface area (Å²) in [6.07, 6.45) is 5.49. The Kier molecular flexibility index (Phi) is 6.37. The summed E-state index contributed by atoms with van der Waals surface area (Å²) in [5.74, 6) is 1.68. The van der Waals surface area contributed by atoms with Gasteiger partial charge in [0.1, 0.15) is 0 Å². The quantitative estimate of drug-likeness (QED) is 0.684. The molecule has 0 aromatic rings. The van der Waals surface area contributed by atoms with E-state index >= 15 is 0 Å². The van der Waals surface area contributed by atoms with Crippen LogP contribution in [0, 0.1) is 11.8 Å². The van der Waals surface area contributed by atoms with Gasteiger partial charge in [0.15, 0.2) is 0 Å².